The molecular weight excluding hydrogens is 300 g/mol. The van der Waals surface area contributed by atoms with E-state index in [1.807, 2.05) is 37.3 Å². The molecule has 1 aromatic carbocycles. The molecule has 5 nitrogen and oxygen atoms in total. The number of fused-ring (bicyclic) bond motifs is 1. The fourth-order valence-corrected chi connectivity index (χ4v) is 4.79. The molecule has 1 unspecified atom stereocenters. The van der Waals surface area contributed by atoms with Crippen molar-refractivity contribution >= 4 is 15.7 Å². The van der Waals surface area contributed by atoms with Gasteiger partial charge in [-0.3, -0.25) is 4.79 Å². The fraction of sp³-hybridized carbons (Fsp3) is 0.375. The Morgan fingerprint density at radius 1 is 1.32 bits per heavy atom. The zero-order valence-corrected chi connectivity index (χ0v) is 13.1. The monoisotopic (exact) mass is 316 g/mol. The number of benzene rings is 1. The molecule has 2 aliphatic heterocycles. The lowest BCUT2D eigenvalue weighted by Gasteiger charge is -2.30. The zero-order valence-electron chi connectivity index (χ0n) is 12.2. The van der Waals surface area contributed by atoms with E-state index < -0.39 is 21.0 Å². The number of allylic oxidation sites excluding steroid dienone is 2. The van der Waals surface area contributed by atoms with Gasteiger partial charge in [-0.15, -0.1) is 0 Å². The molecule has 22 heavy (non-hydrogen) atoms. The molecule has 0 radical (unpaired) electrons. The van der Waals surface area contributed by atoms with Gasteiger partial charge in [0.2, 0.25) is 15.7 Å². The topological polar surface area (TPSA) is 78.2 Å². The molecule has 0 bridgehead atoms. The van der Waals surface area contributed by atoms with Crippen molar-refractivity contribution < 1.29 is 13.2 Å². The van der Waals surface area contributed by atoms with Crippen LogP contribution in [0.25, 0.3) is 0 Å². The third-order valence-electron chi connectivity index (χ3n) is 4.23. The standard InChI is InChI=1S/C16H16N2O3S/c1-11-4-6-12(7-5-11)9-14-16(19)18-8-2-3-13(18)15(10-17)22(14,20)21/h4-7,14H,2-3,8-9H2,1H3. The van der Waals surface area contributed by atoms with E-state index in [9.17, 15) is 18.5 Å². The normalized spacial score (nSPS) is 23.4. The quantitative estimate of drug-likeness (QED) is 0.832. The second kappa shape index (κ2) is 5.25. The van der Waals surface area contributed by atoms with E-state index in [-0.39, 0.29) is 11.3 Å². The van der Waals surface area contributed by atoms with Gasteiger partial charge in [0.25, 0.3) is 0 Å². The van der Waals surface area contributed by atoms with Crippen LogP contribution in [0.4, 0.5) is 0 Å². The van der Waals surface area contributed by atoms with Gasteiger partial charge in [-0.25, -0.2) is 8.42 Å². The Hall–Kier alpha value is -2.13. The largest absolute Gasteiger partial charge is 0.313 e. The molecule has 2 heterocycles. The minimum absolute atomic E-state index is 0.108. The molecule has 0 aromatic heterocycles. The van der Waals surface area contributed by atoms with Gasteiger partial charge in [0, 0.05) is 6.54 Å². The van der Waals surface area contributed by atoms with Gasteiger partial charge < -0.3 is 4.90 Å². The first-order chi connectivity index (χ1) is 10.4. The lowest BCUT2D eigenvalue weighted by molar-refractivity contribution is -0.128. The number of rotatable bonds is 2. The summed E-state index contributed by atoms with van der Waals surface area (Å²) >= 11 is 0. The van der Waals surface area contributed by atoms with Crippen LogP contribution in [0.15, 0.2) is 34.9 Å². The SMILES string of the molecule is Cc1ccc(CC2C(=O)N3CCCC3=C(C#N)S2(=O)=O)cc1. The Labute approximate surface area is 129 Å². The van der Waals surface area contributed by atoms with Gasteiger partial charge in [-0.2, -0.15) is 5.26 Å². The number of hydrogen-bond acceptors (Lipinski definition) is 4. The van der Waals surface area contributed by atoms with Gasteiger partial charge in [0.15, 0.2) is 4.91 Å². The molecule has 114 valence electrons. The Balaban J connectivity index is 2.03. The number of hydrogen-bond donors (Lipinski definition) is 0. The summed E-state index contributed by atoms with van der Waals surface area (Å²) in [5.41, 5.74) is 2.24. The van der Waals surface area contributed by atoms with Gasteiger partial charge in [0.05, 0.1) is 5.70 Å². The van der Waals surface area contributed by atoms with E-state index in [1.54, 1.807) is 0 Å². The molecule has 0 N–H and O–H groups in total. The molecule has 0 spiro atoms. The number of amides is 1. The molecule has 2 aliphatic rings. The smallest absolute Gasteiger partial charge is 0.245 e. The first-order valence-corrected chi connectivity index (χ1v) is 8.74. The highest BCUT2D eigenvalue weighted by molar-refractivity contribution is 7.97. The summed E-state index contributed by atoms with van der Waals surface area (Å²) < 4.78 is 25.3. The summed E-state index contributed by atoms with van der Waals surface area (Å²) in [5, 5.41) is 8.07. The third kappa shape index (κ3) is 2.22. The van der Waals surface area contributed by atoms with Gasteiger partial charge in [-0.1, -0.05) is 29.8 Å². The van der Waals surface area contributed by atoms with Crippen LogP contribution in [0, 0.1) is 18.3 Å². The van der Waals surface area contributed by atoms with Crippen molar-refractivity contribution in [1.82, 2.24) is 4.90 Å². The first kappa shape index (κ1) is 14.8. The average Bonchev–Trinajstić information content (AvgIpc) is 2.95. The molecule has 1 fully saturated rings. The summed E-state index contributed by atoms with van der Waals surface area (Å²) in [6, 6.07) is 9.24. The van der Waals surface area contributed by atoms with Crippen LogP contribution in [0.2, 0.25) is 0 Å². The summed E-state index contributed by atoms with van der Waals surface area (Å²) in [5.74, 6) is -0.396. The lowest BCUT2D eigenvalue weighted by Crippen LogP contribution is -2.47. The van der Waals surface area contributed by atoms with Gasteiger partial charge in [0.1, 0.15) is 11.3 Å². The van der Waals surface area contributed by atoms with Crippen molar-refractivity contribution in [2.24, 2.45) is 0 Å². The Morgan fingerprint density at radius 2 is 2.00 bits per heavy atom. The number of aryl methyl sites for hydroxylation is 1. The van der Waals surface area contributed by atoms with Crippen LogP contribution in [0.3, 0.4) is 0 Å². The Kier molecular flexibility index (Phi) is 3.53. The maximum Gasteiger partial charge on any atom is 0.245 e. The summed E-state index contributed by atoms with van der Waals surface area (Å²) in [6.07, 6.45) is 1.29. The molecule has 1 saturated heterocycles. The number of nitriles is 1. The molecule has 6 heteroatoms. The second-order valence-electron chi connectivity index (χ2n) is 5.70. The number of nitrogens with zero attached hydrogens (tertiary/aromatic N) is 2. The summed E-state index contributed by atoms with van der Waals surface area (Å²) in [7, 11) is -3.90. The summed E-state index contributed by atoms with van der Waals surface area (Å²) in [4.78, 5) is 13.8. The van der Waals surface area contributed by atoms with E-state index in [2.05, 4.69) is 0 Å². The Bertz CT molecular complexity index is 801. The van der Waals surface area contributed by atoms with Crippen LogP contribution in [-0.4, -0.2) is 31.0 Å². The molecular formula is C16H16N2O3S. The maximum absolute atomic E-state index is 12.6. The minimum Gasteiger partial charge on any atom is -0.313 e. The van der Waals surface area contributed by atoms with Crippen LogP contribution in [0.5, 0.6) is 0 Å². The Morgan fingerprint density at radius 3 is 2.64 bits per heavy atom. The molecule has 0 aliphatic carbocycles. The van der Waals surface area contributed by atoms with E-state index in [1.165, 1.54) is 4.90 Å². The highest BCUT2D eigenvalue weighted by Crippen LogP contribution is 2.35. The van der Waals surface area contributed by atoms with Crippen molar-refractivity contribution in [1.29, 1.82) is 5.26 Å². The number of carbonyl (C=O) groups is 1. The lowest BCUT2D eigenvalue weighted by atomic mass is 10.1. The molecule has 3 rings (SSSR count). The zero-order chi connectivity index (χ0) is 15.9. The average molecular weight is 316 g/mol. The summed E-state index contributed by atoms with van der Waals surface area (Å²) in [6.45, 7) is 2.44. The second-order valence-corrected chi connectivity index (χ2v) is 7.77. The van der Waals surface area contributed by atoms with E-state index >= 15 is 0 Å². The van der Waals surface area contributed by atoms with Crippen molar-refractivity contribution in [2.75, 3.05) is 6.54 Å². The van der Waals surface area contributed by atoms with E-state index in [0.717, 1.165) is 11.1 Å². The number of carbonyl (C=O) groups excluding carboxylic acids is 1. The van der Waals surface area contributed by atoms with Crippen LogP contribution < -0.4 is 0 Å². The van der Waals surface area contributed by atoms with Crippen molar-refractivity contribution in [3.05, 3.63) is 46.0 Å². The molecule has 0 saturated carbocycles. The molecule has 1 atom stereocenters. The van der Waals surface area contributed by atoms with Gasteiger partial charge in [-0.05, 0) is 31.7 Å². The molecule has 1 aromatic rings. The van der Waals surface area contributed by atoms with E-state index in [4.69, 9.17) is 0 Å². The van der Waals surface area contributed by atoms with Crippen molar-refractivity contribution in [3.8, 4) is 6.07 Å². The van der Waals surface area contributed by atoms with Crippen LogP contribution >= 0.6 is 0 Å². The van der Waals surface area contributed by atoms with Crippen LogP contribution in [-0.2, 0) is 21.1 Å². The molecule has 1 amide bonds. The fourth-order valence-electron chi connectivity index (χ4n) is 3.03. The third-order valence-corrected chi connectivity index (χ3v) is 6.24. The maximum atomic E-state index is 12.6. The van der Waals surface area contributed by atoms with Crippen molar-refractivity contribution in [3.63, 3.8) is 0 Å². The predicted octanol–water partition coefficient (Wildman–Crippen LogP) is 1.69. The van der Waals surface area contributed by atoms with Crippen molar-refractivity contribution in [2.45, 2.75) is 31.4 Å². The van der Waals surface area contributed by atoms with E-state index in [0.29, 0.717) is 25.1 Å². The van der Waals surface area contributed by atoms with Crippen LogP contribution in [0.1, 0.15) is 24.0 Å². The highest BCUT2D eigenvalue weighted by atomic mass is 32.2. The predicted molar refractivity (Wildman–Crippen MR) is 81.2 cm³/mol. The minimum atomic E-state index is -3.90. The van der Waals surface area contributed by atoms with Gasteiger partial charge >= 0.3 is 0 Å². The number of sulfone groups is 1. The first-order valence-electron chi connectivity index (χ1n) is 7.19. The highest BCUT2D eigenvalue weighted by Gasteiger charge is 2.47.